The van der Waals surface area contributed by atoms with E-state index in [1.807, 2.05) is 48.2 Å². The number of rotatable bonds is 7. The normalized spacial score (nSPS) is 16.7. The molecule has 0 fully saturated rings. The predicted molar refractivity (Wildman–Crippen MR) is 140 cm³/mol. The van der Waals surface area contributed by atoms with Crippen LogP contribution >= 0.6 is 0 Å². The number of hydrogen-bond donors (Lipinski definition) is 1. The largest absolute Gasteiger partial charge is 0.497 e. The lowest BCUT2D eigenvalue weighted by molar-refractivity contribution is -0.130. The van der Waals surface area contributed by atoms with E-state index in [1.54, 1.807) is 19.4 Å². The maximum atomic E-state index is 13.1. The maximum Gasteiger partial charge on any atom is 0.299 e. The van der Waals surface area contributed by atoms with Crippen molar-refractivity contribution in [3.05, 3.63) is 82.7 Å². The topological polar surface area (TPSA) is 85.5 Å². The number of fused-ring (bicyclic) bond motifs is 1. The van der Waals surface area contributed by atoms with Crippen molar-refractivity contribution in [1.82, 2.24) is 9.88 Å². The molecule has 2 amide bonds. The molecule has 1 aliphatic heterocycles. The Bertz CT molecular complexity index is 1320. The van der Waals surface area contributed by atoms with Crippen LogP contribution in [0.5, 0.6) is 5.75 Å². The second-order valence-electron chi connectivity index (χ2n) is 9.13. The van der Waals surface area contributed by atoms with E-state index in [1.165, 1.54) is 0 Å². The predicted octanol–water partition coefficient (Wildman–Crippen LogP) is 4.83. The molecule has 6 heteroatoms. The van der Waals surface area contributed by atoms with Crippen molar-refractivity contribution in [3.63, 3.8) is 0 Å². The molecule has 2 heterocycles. The number of benzene rings is 2. The van der Waals surface area contributed by atoms with Crippen molar-refractivity contribution >= 4 is 11.8 Å². The monoisotopic (exact) mass is 481 g/mol. The molecule has 0 bridgehead atoms. The number of ether oxygens (including phenoxy) is 1. The van der Waals surface area contributed by atoms with E-state index in [4.69, 9.17) is 16.9 Å². The fraction of sp³-hybridized carbons (Fsp3) is 0.300. The Kier molecular flexibility index (Phi) is 7.40. The van der Waals surface area contributed by atoms with Crippen LogP contribution in [0.25, 0.3) is 11.1 Å². The fourth-order valence-corrected chi connectivity index (χ4v) is 5.21. The van der Waals surface area contributed by atoms with Gasteiger partial charge in [-0.25, -0.2) is 0 Å². The van der Waals surface area contributed by atoms with Gasteiger partial charge in [-0.2, -0.15) is 0 Å². The minimum Gasteiger partial charge on any atom is -0.497 e. The van der Waals surface area contributed by atoms with Gasteiger partial charge in [0.2, 0.25) is 5.91 Å². The first kappa shape index (κ1) is 25.0. The molecule has 0 saturated carbocycles. The summed E-state index contributed by atoms with van der Waals surface area (Å²) >= 11 is 0. The Morgan fingerprint density at radius 2 is 1.94 bits per heavy atom. The fourth-order valence-electron chi connectivity index (χ4n) is 5.21. The van der Waals surface area contributed by atoms with Gasteiger partial charge in [-0.05, 0) is 66.1 Å². The molecule has 4 rings (SSSR count). The molecule has 3 aromatic rings. The summed E-state index contributed by atoms with van der Waals surface area (Å²) in [6.07, 6.45) is 10.9. The van der Waals surface area contributed by atoms with Crippen molar-refractivity contribution in [3.8, 4) is 29.2 Å². The van der Waals surface area contributed by atoms with Gasteiger partial charge >= 0.3 is 0 Å². The third-order valence-corrected chi connectivity index (χ3v) is 6.94. The van der Waals surface area contributed by atoms with E-state index >= 15 is 0 Å². The Hall–Kier alpha value is -4.11. The van der Waals surface area contributed by atoms with E-state index < -0.39 is 5.91 Å². The quantitative estimate of drug-likeness (QED) is 0.490. The summed E-state index contributed by atoms with van der Waals surface area (Å²) in [5.74, 6) is 2.34. The van der Waals surface area contributed by atoms with Gasteiger partial charge in [-0.1, -0.05) is 50.1 Å². The number of nitrogens with zero attached hydrogens (tertiary/aromatic N) is 2. The van der Waals surface area contributed by atoms with Crippen molar-refractivity contribution in [2.24, 2.45) is 5.73 Å². The summed E-state index contributed by atoms with van der Waals surface area (Å²) in [5.41, 5.74) is 11.5. The Morgan fingerprint density at radius 1 is 1.19 bits per heavy atom. The molecular weight excluding hydrogens is 450 g/mol. The minimum atomic E-state index is -0.501. The minimum absolute atomic E-state index is 0.0141. The molecule has 1 aromatic heterocycles. The Labute approximate surface area is 212 Å². The average molecular weight is 482 g/mol. The van der Waals surface area contributed by atoms with Gasteiger partial charge in [0, 0.05) is 23.5 Å². The first-order valence-electron chi connectivity index (χ1n) is 12.2. The molecule has 6 nitrogen and oxygen atoms in total. The molecule has 0 saturated heterocycles. The number of carbonyl (C=O) groups is 2. The molecule has 0 unspecified atom stereocenters. The van der Waals surface area contributed by atoms with Crippen molar-refractivity contribution in [2.75, 3.05) is 7.11 Å². The van der Waals surface area contributed by atoms with Crippen LogP contribution in [0.3, 0.4) is 0 Å². The second kappa shape index (κ2) is 10.7. The number of terminal acetylenes is 1. The zero-order chi connectivity index (χ0) is 25.8. The van der Waals surface area contributed by atoms with Crippen molar-refractivity contribution in [2.45, 2.75) is 51.6 Å². The zero-order valence-corrected chi connectivity index (χ0v) is 21.0. The highest BCUT2D eigenvalue weighted by atomic mass is 16.5. The van der Waals surface area contributed by atoms with E-state index in [2.05, 4.69) is 23.9 Å². The zero-order valence-electron chi connectivity index (χ0n) is 21.0. The van der Waals surface area contributed by atoms with Gasteiger partial charge in [0.05, 0.1) is 18.7 Å². The lowest BCUT2D eigenvalue weighted by Crippen LogP contribution is -2.47. The van der Waals surface area contributed by atoms with Crippen molar-refractivity contribution < 1.29 is 14.3 Å². The summed E-state index contributed by atoms with van der Waals surface area (Å²) in [5, 5.41) is 0. The first-order chi connectivity index (χ1) is 17.4. The number of aryl methyl sites for hydroxylation is 1. The molecule has 2 N–H and O–H groups in total. The number of methoxy groups -OCH3 is 1. The van der Waals surface area contributed by atoms with Crippen LogP contribution in [0.4, 0.5) is 0 Å². The molecule has 0 spiro atoms. The maximum absolute atomic E-state index is 13.1. The molecule has 0 aliphatic carbocycles. The third-order valence-electron chi connectivity index (χ3n) is 6.94. The number of aromatic nitrogens is 1. The highest BCUT2D eigenvalue weighted by molar-refractivity contribution is 6.00. The molecule has 2 atom stereocenters. The SMILES string of the molecule is C#CC(=O)N1[C@@H](CCCC)Cc2cc(OC)ccc2[C@@H]1c1ccc(-c2c(C(N)=O)ccnc2C)cc1. The van der Waals surface area contributed by atoms with Gasteiger partial charge in [-0.3, -0.25) is 14.6 Å². The van der Waals surface area contributed by atoms with Gasteiger partial charge in [0.25, 0.3) is 5.91 Å². The molecule has 184 valence electrons. The van der Waals surface area contributed by atoms with Crippen LogP contribution < -0.4 is 10.5 Å². The van der Waals surface area contributed by atoms with Gasteiger partial charge in [0.1, 0.15) is 5.75 Å². The van der Waals surface area contributed by atoms with E-state index in [-0.39, 0.29) is 18.0 Å². The van der Waals surface area contributed by atoms with Crippen LogP contribution in [0.15, 0.2) is 54.7 Å². The number of hydrogen-bond acceptors (Lipinski definition) is 4. The molecule has 1 aliphatic rings. The molecular formula is C30H31N3O3. The Balaban J connectivity index is 1.84. The highest BCUT2D eigenvalue weighted by Crippen LogP contribution is 2.41. The van der Waals surface area contributed by atoms with Crippen LogP contribution in [-0.4, -0.2) is 34.8 Å². The summed E-state index contributed by atoms with van der Waals surface area (Å²) < 4.78 is 5.48. The standard InChI is InChI=1S/C30H31N3O3/c1-5-7-8-23-17-22-18-24(36-4)13-14-25(22)29(33(23)27(34)6-2)21-11-9-20(10-12-21)28-19(3)32-16-15-26(28)30(31)35/h2,9-16,18,23,29H,5,7-8,17H2,1,3-4H3,(H2,31,35)/t23-,29-/m0/s1. The highest BCUT2D eigenvalue weighted by Gasteiger charge is 2.37. The van der Waals surface area contributed by atoms with Crippen molar-refractivity contribution in [1.29, 1.82) is 0 Å². The number of carbonyl (C=O) groups excluding carboxylic acids is 2. The molecule has 36 heavy (non-hydrogen) atoms. The van der Waals surface area contributed by atoms with Gasteiger partial charge in [0.15, 0.2) is 0 Å². The third kappa shape index (κ3) is 4.70. The summed E-state index contributed by atoms with van der Waals surface area (Å²) in [6, 6.07) is 15.2. The van der Waals surface area contributed by atoms with E-state index in [0.717, 1.165) is 59.4 Å². The average Bonchev–Trinajstić information content (AvgIpc) is 2.90. The number of pyridine rings is 1. The van der Waals surface area contributed by atoms with E-state index in [0.29, 0.717) is 11.1 Å². The first-order valence-corrected chi connectivity index (χ1v) is 12.2. The van der Waals surface area contributed by atoms with Crippen LogP contribution in [-0.2, 0) is 11.2 Å². The molecule has 2 aromatic carbocycles. The van der Waals surface area contributed by atoms with Gasteiger partial charge < -0.3 is 15.4 Å². The number of unbranched alkanes of at least 4 members (excludes halogenated alkanes) is 1. The van der Waals surface area contributed by atoms with Crippen LogP contribution in [0.2, 0.25) is 0 Å². The van der Waals surface area contributed by atoms with Crippen LogP contribution in [0, 0.1) is 19.3 Å². The molecule has 0 radical (unpaired) electrons. The summed E-state index contributed by atoms with van der Waals surface area (Å²) in [6.45, 7) is 4.00. The second-order valence-corrected chi connectivity index (χ2v) is 9.13. The Morgan fingerprint density at radius 3 is 2.58 bits per heavy atom. The lowest BCUT2D eigenvalue weighted by atomic mass is 9.82. The van der Waals surface area contributed by atoms with Gasteiger partial charge in [-0.15, -0.1) is 6.42 Å². The smallest absolute Gasteiger partial charge is 0.299 e. The number of amides is 2. The number of nitrogens with two attached hydrogens (primary N) is 1. The summed E-state index contributed by atoms with van der Waals surface area (Å²) in [7, 11) is 1.66. The van der Waals surface area contributed by atoms with Crippen LogP contribution in [0.1, 0.15) is 65.0 Å². The van der Waals surface area contributed by atoms with E-state index in [9.17, 15) is 9.59 Å². The lowest BCUT2D eigenvalue weighted by Gasteiger charge is -2.43. The summed E-state index contributed by atoms with van der Waals surface area (Å²) in [4.78, 5) is 31.4. The number of primary amides is 1.